The number of anilines is 3. The molecule has 10 heteroatoms. The number of benzene rings is 3. The Morgan fingerprint density at radius 3 is 2.45 bits per heavy atom. The second kappa shape index (κ2) is 9.42. The van der Waals surface area contributed by atoms with Crippen molar-refractivity contribution in [3.63, 3.8) is 0 Å². The van der Waals surface area contributed by atoms with Gasteiger partial charge in [-0.25, -0.2) is 4.57 Å². The van der Waals surface area contributed by atoms with Crippen molar-refractivity contribution < 1.29 is 19.6 Å². The number of hydrogen-bond donors (Lipinski definition) is 2. The molecule has 0 saturated carbocycles. The van der Waals surface area contributed by atoms with Crippen molar-refractivity contribution in [2.45, 2.75) is 20.4 Å². The fraction of sp³-hybridized carbons (Fsp3) is 0.233. The minimum absolute atomic E-state index is 0.00973. The fourth-order valence-electron chi connectivity index (χ4n) is 5.48. The van der Waals surface area contributed by atoms with E-state index in [9.17, 15) is 15.0 Å². The van der Waals surface area contributed by atoms with E-state index in [1.54, 1.807) is 9.58 Å². The van der Waals surface area contributed by atoms with E-state index in [1.807, 2.05) is 99.1 Å². The lowest BCUT2D eigenvalue weighted by Crippen LogP contribution is -2.35. The third kappa shape index (κ3) is 3.71. The summed E-state index contributed by atoms with van der Waals surface area (Å²) in [5, 5.41) is 36.4. The second-order valence-corrected chi connectivity index (χ2v) is 10.2. The molecular weight excluding hydrogens is 506 g/mol. The molecule has 0 atom stereocenters. The Kier molecular flexibility index (Phi) is 5.99. The van der Waals surface area contributed by atoms with Crippen LogP contribution >= 0.6 is 0 Å². The molecule has 0 radical (unpaired) electrons. The number of azo groups is 1. The van der Waals surface area contributed by atoms with Crippen molar-refractivity contribution in [1.29, 1.82) is 0 Å². The van der Waals surface area contributed by atoms with E-state index in [4.69, 9.17) is 0 Å². The summed E-state index contributed by atoms with van der Waals surface area (Å²) in [6.45, 7) is 3.91. The molecule has 1 aliphatic rings. The summed E-state index contributed by atoms with van der Waals surface area (Å²) in [6.07, 6.45) is 0. The van der Waals surface area contributed by atoms with Crippen molar-refractivity contribution in [3.05, 3.63) is 71.5 Å². The zero-order valence-corrected chi connectivity index (χ0v) is 23.0. The van der Waals surface area contributed by atoms with Crippen LogP contribution in [0.1, 0.15) is 21.7 Å². The maximum Gasteiger partial charge on any atom is 0.315 e. The van der Waals surface area contributed by atoms with E-state index >= 15 is 0 Å². The third-order valence-corrected chi connectivity index (χ3v) is 7.59. The smallest absolute Gasteiger partial charge is 0.315 e. The lowest BCUT2D eigenvalue weighted by Gasteiger charge is -2.19. The minimum atomic E-state index is -0.0892. The maximum atomic E-state index is 13.5. The minimum Gasteiger partial charge on any atom is -0.505 e. The molecule has 2 N–H and O–H groups in total. The van der Waals surface area contributed by atoms with Gasteiger partial charge in [0.2, 0.25) is 0 Å². The topological polar surface area (TPSA) is 110 Å². The largest absolute Gasteiger partial charge is 0.505 e. The Labute approximate surface area is 231 Å². The number of carbonyl (C=O) groups is 1. The van der Waals surface area contributed by atoms with E-state index in [2.05, 4.69) is 15.3 Å². The number of fused-ring (bicyclic) bond motifs is 1. The SMILES string of the molecule is Cc1nn(CCO)c2c1c(O)c(/N=N/c1ccc3c4c(cccc14)C(=O)N3c1ccc(N(C)C)cc1)c(C)[n+]2C. The van der Waals surface area contributed by atoms with Gasteiger partial charge in [0, 0.05) is 43.2 Å². The molecule has 0 spiro atoms. The molecule has 0 unspecified atom stereocenters. The molecule has 1 aliphatic heterocycles. The first kappa shape index (κ1) is 25.4. The van der Waals surface area contributed by atoms with Crippen LogP contribution in [-0.4, -0.2) is 46.6 Å². The molecular formula is C30H30N7O3+. The highest BCUT2D eigenvalue weighted by Crippen LogP contribution is 2.45. The molecule has 6 rings (SSSR count). The van der Waals surface area contributed by atoms with Crippen molar-refractivity contribution in [3.8, 4) is 5.75 Å². The van der Waals surface area contributed by atoms with Crippen molar-refractivity contribution in [1.82, 2.24) is 9.78 Å². The molecule has 0 saturated heterocycles. The number of aromatic hydroxyl groups is 1. The van der Waals surface area contributed by atoms with Crippen molar-refractivity contribution in [2.24, 2.45) is 17.3 Å². The van der Waals surface area contributed by atoms with Crippen LogP contribution in [0.4, 0.5) is 28.4 Å². The van der Waals surface area contributed by atoms with Gasteiger partial charge in [-0.05, 0) is 49.4 Å². The molecule has 202 valence electrons. The number of amides is 1. The van der Waals surface area contributed by atoms with Crippen LogP contribution in [0, 0.1) is 13.8 Å². The van der Waals surface area contributed by atoms with E-state index in [0.717, 1.165) is 27.8 Å². The fourth-order valence-corrected chi connectivity index (χ4v) is 5.48. The van der Waals surface area contributed by atoms with Gasteiger partial charge in [0.1, 0.15) is 17.6 Å². The third-order valence-electron chi connectivity index (χ3n) is 7.59. The van der Waals surface area contributed by atoms with Crippen molar-refractivity contribution >= 4 is 56.1 Å². The zero-order valence-electron chi connectivity index (χ0n) is 23.0. The first-order valence-electron chi connectivity index (χ1n) is 13.0. The molecule has 1 amide bonds. The van der Waals surface area contributed by atoms with Crippen LogP contribution in [0.15, 0.2) is 64.8 Å². The summed E-state index contributed by atoms with van der Waals surface area (Å²) in [6, 6.07) is 17.2. The van der Waals surface area contributed by atoms with Gasteiger partial charge in [-0.15, -0.1) is 14.9 Å². The van der Waals surface area contributed by atoms with Gasteiger partial charge in [0.05, 0.1) is 36.3 Å². The normalized spacial score (nSPS) is 12.9. The molecule has 10 nitrogen and oxygen atoms in total. The van der Waals surface area contributed by atoms with E-state index in [0.29, 0.717) is 45.9 Å². The number of rotatable bonds is 6. The average molecular weight is 537 g/mol. The van der Waals surface area contributed by atoms with E-state index in [1.165, 1.54) is 0 Å². The van der Waals surface area contributed by atoms with Gasteiger partial charge in [0.15, 0.2) is 11.4 Å². The van der Waals surface area contributed by atoms with Crippen LogP contribution in [0.3, 0.4) is 0 Å². The van der Waals surface area contributed by atoms with Gasteiger partial charge in [-0.3, -0.25) is 9.69 Å². The van der Waals surface area contributed by atoms with Gasteiger partial charge >= 0.3 is 5.65 Å². The highest BCUT2D eigenvalue weighted by Gasteiger charge is 2.32. The zero-order chi connectivity index (χ0) is 28.3. The molecule has 0 bridgehead atoms. The van der Waals surface area contributed by atoms with Crippen molar-refractivity contribution in [2.75, 3.05) is 30.5 Å². The number of pyridine rings is 1. The second-order valence-electron chi connectivity index (χ2n) is 10.2. The summed E-state index contributed by atoms with van der Waals surface area (Å²) in [7, 11) is 5.83. The Bertz CT molecular complexity index is 1860. The van der Waals surface area contributed by atoms with Gasteiger partial charge in [-0.2, -0.15) is 0 Å². The number of hydrogen-bond acceptors (Lipinski definition) is 7. The lowest BCUT2D eigenvalue weighted by atomic mass is 10.0. The lowest BCUT2D eigenvalue weighted by molar-refractivity contribution is -0.653. The van der Waals surface area contributed by atoms with Gasteiger partial charge in [0.25, 0.3) is 5.91 Å². The Morgan fingerprint density at radius 2 is 1.75 bits per heavy atom. The molecule has 40 heavy (non-hydrogen) atoms. The van der Waals surface area contributed by atoms with Crippen LogP contribution in [-0.2, 0) is 13.6 Å². The predicted molar refractivity (Wildman–Crippen MR) is 154 cm³/mol. The van der Waals surface area contributed by atoms with Gasteiger partial charge < -0.3 is 15.1 Å². The summed E-state index contributed by atoms with van der Waals surface area (Å²) >= 11 is 0. The van der Waals surface area contributed by atoms with Crippen LogP contribution < -0.4 is 14.4 Å². The van der Waals surface area contributed by atoms with Crippen LogP contribution in [0.25, 0.3) is 21.8 Å². The number of aryl methyl sites for hydroxylation is 2. The standard InChI is InChI=1S/C30H29N7O3/c1-17-25-28(39)27(18(2)35(5)29(25)36(33-17)15-16-38)32-31-23-13-14-24-26-21(23)7-6-8-22(26)30(40)37(24)20-11-9-19(10-12-20)34(3)4/h6-14,38H,15-16H2,1-5H3/p+1/b32-31+. The number of nitrogens with zero attached hydrogens (tertiary/aromatic N) is 7. The first-order chi connectivity index (χ1) is 19.2. The highest BCUT2D eigenvalue weighted by atomic mass is 16.3. The molecule has 0 fully saturated rings. The Hall–Kier alpha value is -4.83. The summed E-state index contributed by atoms with van der Waals surface area (Å²) < 4.78 is 3.57. The van der Waals surface area contributed by atoms with E-state index in [-0.39, 0.29) is 18.3 Å². The number of aliphatic hydroxyl groups is 1. The maximum absolute atomic E-state index is 13.5. The molecule has 5 aromatic rings. The Morgan fingerprint density at radius 1 is 1.00 bits per heavy atom. The Balaban J connectivity index is 1.45. The molecule has 0 aliphatic carbocycles. The number of aromatic nitrogens is 3. The quantitative estimate of drug-likeness (QED) is 0.232. The highest BCUT2D eigenvalue weighted by molar-refractivity contribution is 6.29. The van der Waals surface area contributed by atoms with Crippen LogP contribution in [0.5, 0.6) is 5.75 Å². The molecule has 3 aromatic carbocycles. The van der Waals surface area contributed by atoms with Gasteiger partial charge in [-0.1, -0.05) is 17.2 Å². The summed E-state index contributed by atoms with van der Waals surface area (Å²) in [5.74, 6) is -0.0990. The monoisotopic (exact) mass is 536 g/mol. The predicted octanol–water partition coefficient (Wildman–Crippen LogP) is 5.10. The van der Waals surface area contributed by atoms with Crippen LogP contribution in [0.2, 0.25) is 0 Å². The summed E-state index contributed by atoms with van der Waals surface area (Å²) in [4.78, 5) is 17.3. The number of aliphatic hydroxyl groups excluding tert-OH is 1. The molecule has 3 heterocycles. The summed E-state index contributed by atoms with van der Waals surface area (Å²) in [5.41, 5.74) is 6.21. The molecule has 2 aromatic heterocycles. The first-order valence-corrected chi connectivity index (χ1v) is 13.0. The average Bonchev–Trinajstić information content (AvgIpc) is 3.43. The number of carbonyl (C=O) groups excluding carboxylic acids is 1. The van der Waals surface area contributed by atoms with E-state index < -0.39 is 0 Å².